The van der Waals surface area contributed by atoms with Crippen molar-refractivity contribution >= 4 is 5.91 Å². The van der Waals surface area contributed by atoms with Crippen molar-refractivity contribution in [1.29, 1.82) is 0 Å². The molecule has 2 rings (SSSR count). The van der Waals surface area contributed by atoms with E-state index in [1.807, 2.05) is 20.8 Å². The second-order valence-corrected chi connectivity index (χ2v) is 5.05. The van der Waals surface area contributed by atoms with E-state index < -0.39 is 0 Å². The summed E-state index contributed by atoms with van der Waals surface area (Å²) in [5.41, 5.74) is 1.65. The Bertz CT molecular complexity index is 431. The summed E-state index contributed by atoms with van der Waals surface area (Å²) in [7, 11) is 0. The van der Waals surface area contributed by atoms with Crippen LogP contribution in [0.15, 0.2) is 4.42 Å². The number of hydrogen-bond acceptors (Lipinski definition) is 3. The monoisotopic (exact) mass is 250 g/mol. The van der Waals surface area contributed by atoms with Crippen LogP contribution in [0.1, 0.15) is 46.7 Å². The van der Waals surface area contributed by atoms with Crippen molar-refractivity contribution < 1.29 is 9.21 Å². The highest BCUT2D eigenvalue weighted by molar-refractivity contribution is 5.96. The van der Waals surface area contributed by atoms with Gasteiger partial charge in [0.25, 0.3) is 5.91 Å². The van der Waals surface area contributed by atoms with E-state index in [0.29, 0.717) is 17.4 Å². The van der Waals surface area contributed by atoms with Gasteiger partial charge in [-0.05, 0) is 46.6 Å². The van der Waals surface area contributed by atoms with E-state index in [1.54, 1.807) is 0 Å². The Morgan fingerprint density at radius 2 is 2.17 bits per heavy atom. The van der Waals surface area contributed by atoms with Gasteiger partial charge in [-0.2, -0.15) is 0 Å². The molecule has 2 heterocycles. The molecule has 0 saturated carbocycles. The van der Waals surface area contributed by atoms with Crippen molar-refractivity contribution in [2.75, 3.05) is 13.1 Å². The zero-order valence-corrected chi connectivity index (χ0v) is 11.4. The molecule has 0 bridgehead atoms. The molecule has 0 unspecified atom stereocenters. The molecule has 4 heteroatoms. The van der Waals surface area contributed by atoms with Crippen LogP contribution in [0.25, 0.3) is 0 Å². The summed E-state index contributed by atoms with van der Waals surface area (Å²) >= 11 is 0. The van der Waals surface area contributed by atoms with Gasteiger partial charge in [-0.25, -0.2) is 0 Å². The van der Waals surface area contributed by atoms with Crippen LogP contribution in [-0.4, -0.2) is 25.0 Å². The molecule has 1 aliphatic heterocycles. The summed E-state index contributed by atoms with van der Waals surface area (Å²) in [6.07, 6.45) is 3.47. The van der Waals surface area contributed by atoms with Gasteiger partial charge in [0.2, 0.25) is 0 Å². The predicted molar refractivity (Wildman–Crippen MR) is 70.9 cm³/mol. The molecule has 0 aromatic carbocycles. The summed E-state index contributed by atoms with van der Waals surface area (Å²) in [6.45, 7) is 7.49. The number of amides is 1. The van der Waals surface area contributed by atoms with Crippen LogP contribution in [-0.2, 0) is 0 Å². The zero-order valence-electron chi connectivity index (χ0n) is 11.4. The molecule has 1 atom stereocenters. The minimum Gasteiger partial charge on any atom is -0.466 e. The second-order valence-electron chi connectivity index (χ2n) is 5.05. The van der Waals surface area contributed by atoms with E-state index in [-0.39, 0.29) is 5.91 Å². The van der Waals surface area contributed by atoms with Crippen LogP contribution in [0.3, 0.4) is 0 Å². The van der Waals surface area contributed by atoms with E-state index in [4.69, 9.17) is 4.42 Å². The van der Waals surface area contributed by atoms with Gasteiger partial charge in [0, 0.05) is 18.2 Å². The molecule has 18 heavy (non-hydrogen) atoms. The molecule has 1 fully saturated rings. The lowest BCUT2D eigenvalue weighted by atomic mass is 10.1. The molecule has 1 aromatic rings. The predicted octanol–water partition coefficient (Wildman–Crippen LogP) is 2.08. The van der Waals surface area contributed by atoms with Crippen molar-refractivity contribution in [2.45, 2.75) is 46.1 Å². The fourth-order valence-electron chi connectivity index (χ4n) is 2.58. The minimum absolute atomic E-state index is 0.0140. The minimum atomic E-state index is -0.0140. The lowest BCUT2D eigenvalue weighted by Crippen LogP contribution is -2.31. The second kappa shape index (κ2) is 5.57. The Balaban J connectivity index is 1.87. The third-order valence-electron chi connectivity index (χ3n) is 3.73. The Kier molecular flexibility index (Phi) is 4.07. The van der Waals surface area contributed by atoms with Gasteiger partial charge in [-0.3, -0.25) is 4.79 Å². The molecule has 4 nitrogen and oxygen atoms in total. The largest absolute Gasteiger partial charge is 0.466 e. The zero-order chi connectivity index (χ0) is 13.1. The maximum absolute atomic E-state index is 12.1. The van der Waals surface area contributed by atoms with Crippen molar-refractivity contribution in [3.05, 3.63) is 22.6 Å². The van der Waals surface area contributed by atoms with E-state index in [2.05, 4.69) is 10.6 Å². The average Bonchev–Trinajstić information content (AvgIpc) is 2.89. The van der Waals surface area contributed by atoms with Gasteiger partial charge in [0.15, 0.2) is 0 Å². The number of aryl methyl sites for hydroxylation is 2. The summed E-state index contributed by atoms with van der Waals surface area (Å²) in [5, 5.41) is 6.41. The highest BCUT2D eigenvalue weighted by Gasteiger charge is 2.19. The first-order chi connectivity index (χ1) is 8.59. The Morgan fingerprint density at radius 1 is 1.39 bits per heavy atom. The van der Waals surface area contributed by atoms with E-state index in [9.17, 15) is 4.79 Å². The fraction of sp³-hybridized carbons (Fsp3) is 0.643. The molecule has 1 amide bonds. The molecule has 2 N–H and O–H groups in total. The maximum atomic E-state index is 12.1. The molecule has 1 aromatic heterocycles. The van der Waals surface area contributed by atoms with Crippen LogP contribution in [0, 0.1) is 20.8 Å². The average molecular weight is 250 g/mol. The number of hydrogen-bond donors (Lipinski definition) is 2. The summed E-state index contributed by atoms with van der Waals surface area (Å²) in [6, 6.07) is 0.568. The van der Waals surface area contributed by atoms with Gasteiger partial charge >= 0.3 is 0 Å². The Morgan fingerprint density at radius 3 is 2.72 bits per heavy atom. The van der Waals surface area contributed by atoms with Crippen LogP contribution < -0.4 is 10.6 Å². The lowest BCUT2D eigenvalue weighted by Gasteiger charge is -2.10. The Hall–Kier alpha value is -1.29. The van der Waals surface area contributed by atoms with E-state index in [0.717, 1.165) is 30.8 Å². The molecule has 1 aliphatic rings. The first-order valence-electron chi connectivity index (χ1n) is 6.67. The molecule has 0 aliphatic carbocycles. The first-order valence-corrected chi connectivity index (χ1v) is 6.67. The van der Waals surface area contributed by atoms with Crippen molar-refractivity contribution in [2.24, 2.45) is 0 Å². The van der Waals surface area contributed by atoms with Gasteiger partial charge in [0.1, 0.15) is 11.5 Å². The van der Waals surface area contributed by atoms with Gasteiger partial charge in [0.05, 0.1) is 5.56 Å². The number of rotatable bonds is 4. The van der Waals surface area contributed by atoms with Crippen LogP contribution in [0.2, 0.25) is 0 Å². The highest BCUT2D eigenvalue weighted by Crippen LogP contribution is 2.20. The quantitative estimate of drug-likeness (QED) is 0.860. The Labute approximate surface area is 108 Å². The smallest absolute Gasteiger partial charge is 0.255 e. The molecular formula is C14H22N2O2. The van der Waals surface area contributed by atoms with Gasteiger partial charge < -0.3 is 15.1 Å². The highest BCUT2D eigenvalue weighted by atomic mass is 16.3. The standard InChI is InChI=1S/C14H22N2O2/c1-9-10(2)18-11(3)13(9)14(17)16-8-6-12-5-4-7-15-12/h12,15H,4-8H2,1-3H3,(H,16,17)/t12-/m0/s1. The first kappa shape index (κ1) is 13.1. The topological polar surface area (TPSA) is 54.3 Å². The molecule has 100 valence electrons. The van der Waals surface area contributed by atoms with Crippen LogP contribution in [0.5, 0.6) is 0 Å². The SMILES string of the molecule is Cc1oc(C)c(C(=O)NCC[C@@H]2CCCN2)c1C. The van der Waals surface area contributed by atoms with Gasteiger partial charge in [-0.1, -0.05) is 0 Å². The summed E-state index contributed by atoms with van der Waals surface area (Å²) in [4.78, 5) is 12.1. The number of nitrogens with one attached hydrogen (secondary N) is 2. The van der Waals surface area contributed by atoms with Crippen LogP contribution >= 0.6 is 0 Å². The van der Waals surface area contributed by atoms with Crippen molar-refractivity contribution in [3.8, 4) is 0 Å². The number of carbonyl (C=O) groups excluding carboxylic acids is 1. The fourth-order valence-corrected chi connectivity index (χ4v) is 2.58. The van der Waals surface area contributed by atoms with Gasteiger partial charge in [-0.15, -0.1) is 0 Å². The number of furan rings is 1. The molecular weight excluding hydrogens is 228 g/mol. The third kappa shape index (κ3) is 2.75. The molecule has 0 radical (unpaired) electrons. The maximum Gasteiger partial charge on any atom is 0.255 e. The molecule has 0 spiro atoms. The summed E-state index contributed by atoms with van der Waals surface area (Å²) in [5.74, 6) is 1.52. The van der Waals surface area contributed by atoms with E-state index in [1.165, 1.54) is 12.8 Å². The van der Waals surface area contributed by atoms with E-state index >= 15 is 0 Å². The number of carbonyl (C=O) groups is 1. The van der Waals surface area contributed by atoms with Crippen molar-refractivity contribution in [3.63, 3.8) is 0 Å². The molecule has 1 saturated heterocycles. The van der Waals surface area contributed by atoms with Crippen LogP contribution in [0.4, 0.5) is 0 Å². The van der Waals surface area contributed by atoms with Crippen molar-refractivity contribution in [1.82, 2.24) is 10.6 Å². The summed E-state index contributed by atoms with van der Waals surface area (Å²) < 4.78 is 5.47. The normalized spacial score (nSPS) is 19.2. The third-order valence-corrected chi connectivity index (χ3v) is 3.73. The lowest BCUT2D eigenvalue weighted by molar-refractivity contribution is 0.0950.